The number of methoxy groups -OCH3 is 1. The van der Waals surface area contributed by atoms with Crippen LogP contribution in [0.4, 0.5) is 0 Å². The smallest absolute Gasteiger partial charge is 0.164 e. The molecule has 1 aromatic rings. The zero-order valence-corrected chi connectivity index (χ0v) is 10.3. The number of benzene rings is 1. The molecule has 1 atom stereocenters. The van der Waals surface area contributed by atoms with Gasteiger partial charge in [-0.15, -0.1) is 6.58 Å². The number of allylic oxidation sites excluding steroid dienone is 1. The summed E-state index contributed by atoms with van der Waals surface area (Å²) in [4.78, 5) is 0. The Hall–Kier alpha value is -1.44. The Labute approximate surface area is 97.9 Å². The lowest BCUT2D eigenvalue weighted by Crippen LogP contribution is -2.01. The van der Waals surface area contributed by atoms with Crippen LogP contribution in [0.15, 0.2) is 30.9 Å². The van der Waals surface area contributed by atoms with Crippen LogP contribution in [0.3, 0.4) is 0 Å². The monoisotopic (exact) mass is 220 g/mol. The molecule has 0 saturated carbocycles. The highest BCUT2D eigenvalue weighted by atomic mass is 16.5. The van der Waals surface area contributed by atoms with Crippen LogP contribution >= 0.6 is 0 Å². The van der Waals surface area contributed by atoms with Crippen LogP contribution in [0.1, 0.15) is 31.7 Å². The van der Waals surface area contributed by atoms with Crippen LogP contribution in [0, 0.1) is 0 Å². The van der Waals surface area contributed by atoms with Gasteiger partial charge in [-0.05, 0) is 12.5 Å². The number of hydrogen-bond acceptors (Lipinski definition) is 2. The average Bonchev–Trinajstić information content (AvgIpc) is 2.34. The van der Waals surface area contributed by atoms with Gasteiger partial charge in [0.25, 0.3) is 0 Å². The molecule has 2 nitrogen and oxygen atoms in total. The molecule has 1 unspecified atom stereocenters. The first kappa shape index (κ1) is 12.6. The third-order valence-corrected chi connectivity index (χ3v) is 2.52. The second-order valence-electron chi connectivity index (χ2n) is 3.75. The number of ether oxygens (including phenoxy) is 2. The largest absolute Gasteiger partial charge is 0.493 e. The summed E-state index contributed by atoms with van der Waals surface area (Å²) in [6.07, 6.45) is 2.89. The molecule has 0 fully saturated rings. The lowest BCUT2D eigenvalue weighted by Gasteiger charge is -2.16. The van der Waals surface area contributed by atoms with E-state index < -0.39 is 0 Å². The number of rotatable bonds is 6. The van der Waals surface area contributed by atoms with Crippen molar-refractivity contribution in [2.75, 3.05) is 13.7 Å². The number of para-hydroxylation sites is 1. The predicted molar refractivity (Wildman–Crippen MR) is 67.4 cm³/mol. The first-order chi connectivity index (χ1) is 7.74. The molecule has 0 spiro atoms. The third-order valence-electron chi connectivity index (χ3n) is 2.52. The van der Waals surface area contributed by atoms with E-state index in [4.69, 9.17) is 9.47 Å². The Morgan fingerprint density at radius 3 is 2.75 bits per heavy atom. The minimum absolute atomic E-state index is 0.264. The molecule has 88 valence electrons. The van der Waals surface area contributed by atoms with Crippen LogP contribution in [0.5, 0.6) is 11.5 Å². The Kier molecular flexibility index (Phi) is 4.90. The van der Waals surface area contributed by atoms with Gasteiger partial charge in [-0.1, -0.05) is 32.1 Å². The molecule has 1 rings (SSSR count). The minimum atomic E-state index is 0.264. The van der Waals surface area contributed by atoms with Gasteiger partial charge < -0.3 is 9.47 Å². The summed E-state index contributed by atoms with van der Waals surface area (Å²) in [6, 6.07) is 5.97. The van der Waals surface area contributed by atoms with Crippen LogP contribution in [-0.2, 0) is 0 Å². The molecule has 1 aromatic carbocycles. The van der Waals surface area contributed by atoms with Crippen molar-refractivity contribution in [2.45, 2.75) is 26.2 Å². The molecule has 0 saturated heterocycles. The van der Waals surface area contributed by atoms with Gasteiger partial charge in [0.15, 0.2) is 11.5 Å². The first-order valence-electron chi connectivity index (χ1n) is 5.66. The van der Waals surface area contributed by atoms with Crippen molar-refractivity contribution in [3.05, 3.63) is 36.4 Å². The molecule has 0 aliphatic carbocycles. The van der Waals surface area contributed by atoms with Crippen molar-refractivity contribution in [1.29, 1.82) is 0 Å². The van der Waals surface area contributed by atoms with Crippen LogP contribution in [0.25, 0.3) is 0 Å². The lowest BCUT2D eigenvalue weighted by molar-refractivity contribution is 0.292. The fourth-order valence-electron chi connectivity index (χ4n) is 1.56. The second-order valence-corrected chi connectivity index (χ2v) is 3.75. The van der Waals surface area contributed by atoms with Crippen LogP contribution in [-0.4, -0.2) is 13.7 Å². The molecule has 0 radical (unpaired) electrons. The molecule has 0 aliphatic heterocycles. The molecule has 0 aromatic heterocycles. The molecule has 16 heavy (non-hydrogen) atoms. The molecule has 2 heteroatoms. The minimum Gasteiger partial charge on any atom is -0.493 e. The van der Waals surface area contributed by atoms with E-state index in [1.807, 2.05) is 24.3 Å². The van der Waals surface area contributed by atoms with Crippen molar-refractivity contribution in [2.24, 2.45) is 0 Å². The molecule has 0 aliphatic rings. The molecule has 0 amide bonds. The number of hydrogen-bond donors (Lipinski definition) is 0. The molecular weight excluding hydrogens is 200 g/mol. The van der Waals surface area contributed by atoms with Gasteiger partial charge in [0.05, 0.1) is 13.7 Å². The molecule has 0 bridgehead atoms. The highest BCUT2D eigenvalue weighted by Crippen LogP contribution is 2.35. The summed E-state index contributed by atoms with van der Waals surface area (Å²) < 4.78 is 11.1. The van der Waals surface area contributed by atoms with Gasteiger partial charge in [0.1, 0.15) is 0 Å². The average molecular weight is 220 g/mol. The van der Waals surface area contributed by atoms with E-state index in [0.29, 0.717) is 6.61 Å². The molecule has 0 heterocycles. The van der Waals surface area contributed by atoms with Crippen molar-refractivity contribution in [1.82, 2.24) is 0 Å². The zero-order chi connectivity index (χ0) is 12.0. The van der Waals surface area contributed by atoms with Gasteiger partial charge >= 0.3 is 0 Å². The standard InChI is InChI=1S/C14H20O2/c1-5-10-16-13-9-7-8-12(11(3)6-2)14(13)15-4/h6-9,11H,2,5,10H2,1,3-4H3. The normalized spacial score (nSPS) is 11.9. The maximum Gasteiger partial charge on any atom is 0.164 e. The van der Waals surface area contributed by atoms with E-state index >= 15 is 0 Å². The van der Waals surface area contributed by atoms with Crippen molar-refractivity contribution in [3.63, 3.8) is 0 Å². The Morgan fingerprint density at radius 1 is 1.44 bits per heavy atom. The van der Waals surface area contributed by atoms with E-state index in [2.05, 4.69) is 20.4 Å². The summed E-state index contributed by atoms with van der Waals surface area (Å²) in [5.41, 5.74) is 1.12. The maximum atomic E-state index is 5.65. The van der Waals surface area contributed by atoms with E-state index in [9.17, 15) is 0 Å². The van der Waals surface area contributed by atoms with Crippen molar-refractivity contribution in [3.8, 4) is 11.5 Å². The topological polar surface area (TPSA) is 18.5 Å². The summed E-state index contributed by atoms with van der Waals surface area (Å²) >= 11 is 0. The Morgan fingerprint density at radius 2 is 2.19 bits per heavy atom. The van der Waals surface area contributed by atoms with Crippen molar-refractivity contribution < 1.29 is 9.47 Å². The highest BCUT2D eigenvalue weighted by molar-refractivity contribution is 5.49. The second kappa shape index (κ2) is 6.21. The zero-order valence-electron chi connectivity index (χ0n) is 10.3. The van der Waals surface area contributed by atoms with E-state index in [0.717, 1.165) is 23.5 Å². The van der Waals surface area contributed by atoms with Gasteiger partial charge in [0, 0.05) is 11.5 Å². The van der Waals surface area contributed by atoms with Crippen molar-refractivity contribution >= 4 is 0 Å². The third kappa shape index (κ3) is 2.78. The quantitative estimate of drug-likeness (QED) is 0.679. The fraction of sp³-hybridized carbons (Fsp3) is 0.429. The predicted octanol–water partition coefficient (Wildman–Crippen LogP) is 3.77. The van der Waals surface area contributed by atoms with Gasteiger partial charge in [-0.3, -0.25) is 0 Å². The highest BCUT2D eigenvalue weighted by Gasteiger charge is 2.13. The first-order valence-corrected chi connectivity index (χ1v) is 5.66. The van der Waals surface area contributed by atoms with Crippen LogP contribution < -0.4 is 9.47 Å². The van der Waals surface area contributed by atoms with Gasteiger partial charge in [0.2, 0.25) is 0 Å². The van der Waals surface area contributed by atoms with Gasteiger partial charge in [-0.2, -0.15) is 0 Å². The van der Waals surface area contributed by atoms with Gasteiger partial charge in [-0.25, -0.2) is 0 Å². The summed E-state index contributed by atoms with van der Waals surface area (Å²) in [6.45, 7) is 8.70. The lowest BCUT2D eigenvalue weighted by atomic mass is 10.00. The Bertz CT molecular complexity index is 345. The van der Waals surface area contributed by atoms with E-state index in [-0.39, 0.29) is 5.92 Å². The molecular formula is C14H20O2. The van der Waals surface area contributed by atoms with Crippen LogP contribution in [0.2, 0.25) is 0 Å². The Balaban J connectivity index is 3.04. The summed E-state index contributed by atoms with van der Waals surface area (Å²) in [5, 5.41) is 0. The summed E-state index contributed by atoms with van der Waals surface area (Å²) in [7, 11) is 1.67. The maximum absolute atomic E-state index is 5.65. The fourth-order valence-corrected chi connectivity index (χ4v) is 1.56. The summed E-state index contributed by atoms with van der Waals surface area (Å²) in [5.74, 6) is 1.90. The molecule has 0 N–H and O–H groups in total. The van der Waals surface area contributed by atoms with E-state index in [1.54, 1.807) is 7.11 Å². The van der Waals surface area contributed by atoms with E-state index in [1.165, 1.54) is 0 Å². The SMILES string of the molecule is C=CC(C)c1cccc(OCCC)c1OC.